The van der Waals surface area contributed by atoms with E-state index in [9.17, 15) is 30.4 Å². The lowest BCUT2D eigenvalue weighted by Gasteiger charge is -2.15. The minimum atomic E-state index is -5.26. The summed E-state index contributed by atoms with van der Waals surface area (Å²) in [6.45, 7) is -0.763. The quantitative estimate of drug-likeness (QED) is 0.672. The SMILES string of the molecule is NCc1c(C(F)F)cc(S(=O)(=O)Cl)nc1OC(F)(F)F. The number of hydrogen-bond acceptors (Lipinski definition) is 5. The van der Waals surface area contributed by atoms with E-state index < -0.39 is 50.4 Å². The van der Waals surface area contributed by atoms with E-state index in [1.54, 1.807) is 0 Å². The summed E-state index contributed by atoms with van der Waals surface area (Å²) in [5.74, 6) is -1.38. The summed E-state index contributed by atoms with van der Waals surface area (Å²) in [6.07, 6.45) is -8.55. The molecule has 2 N–H and O–H groups in total. The molecule has 0 aliphatic heterocycles. The second kappa shape index (κ2) is 5.66. The van der Waals surface area contributed by atoms with Crippen LogP contribution in [0.4, 0.5) is 22.0 Å². The van der Waals surface area contributed by atoms with Crippen LogP contribution in [0, 0.1) is 0 Å². The average molecular weight is 341 g/mol. The van der Waals surface area contributed by atoms with Crippen molar-refractivity contribution in [3.8, 4) is 5.88 Å². The zero-order chi connectivity index (χ0) is 15.7. The molecule has 0 fully saturated rings. The van der Waals surface area contributed by atoms with Crippen molar-refractivity contribution in [2.75, 3.05) is 0 Å². The lowest BCUT2D eigenvalue weighted by atomic mass is 10.1. The van der Waals surface area contributed by atoms with Crippen molar-refractivity contribution < 1.29 is 35.1 Å². The van der Waals surface area contributed by atoms with Gasteiger partial charge in [-0.2, -0.15) is 4.98 Å². The second-order valence-electron chi connectivity index (χ2n) is 3.32. The van der Waals surface area contributed by atoms with Crippen molar-refractivity contribution in [2.24, 2.45) is 5.73 Å². The summed E-state index contributed by atoms with van der Waals surface area (Å²) in [5.41, 5.74) is 3.25. The number of nitrogens with zero attached hydrogens (tertiary/aromatic N) is 1. The molecule has 1 aromatic heterocycles. The van der Waals surface area contributed by atoms with Gasteiger partial charge >= 0.3 is 6.36 Å². The molecule has 0 saturated carbocycles. The van der Waals surface area contributed by atoms with Crippen molar-refractivity contribution in [3.63, 3.8) is 0 Å². The van der Waals surface area contributed by atoms with Crippen molar-refractivity contribution >= 4 is 19.7 Å². The lowest BCUT2D eigenvalue weighted by Crippen LogP contribution is -2.21. The van der Waals surface area contributed by atoms with Crippen molar-refractivity contribution in [3.05, 3.63) is 17.2 Å². The molecule has 12 heteroatoms. The van der Waals surface area contributed by atoms with Gasteiger partial charge in [-0.1, -0.05) is 0 Å². The van der Waals surface area contributed by atoms with Gasteiger partial charge in [0.15, 0.2) is 5.03 Å². The first-order valence-electron chi connectivity index (χ1n) is 4.68. The third-order valence-electron chi connectivity index (χ3n) is 2.00. The molecule has 1 aromatic rings. The predicted molar refractivity (Wildman–Crippen MR) is 56.8 cm³/mol. The Morgan fingerprint density at radius 2 is 1.95 bits per heavy atom. The van der Waals surface area contributed by atoms with Gasteiger partial charge < -0.3 is 10.5 Å². The summed E-state index contributed by atoms with van der Waals surface area (Å²) in [6, 6.07) is 0.346. The van der Waals surface area contributed by atoms with Crippen LogP contribution in [0.25, 0.3) is 0 Å². The Morgan fingerprint density at radius 1 is 1.40 bits per heavy atom. The van der Waals surface area contributed by atoms with Crippen LogP contribution in [-0.2, 0) is 15.6 Å². The van der Waals surface area contributed by atoms with E-state index in [0.29, 0.717) is 6.07 Å². The normalized spacial score (nSPS) is 12.8. The first kappa shape index (κ1) is 16.9. The van der Waals surface area contributed by atoms with Gasteiger partial charge in [0.1, 0.15) is 0 Å². The Hall–Kier alpha value is -1.20. The molecule has 20 heavy (non-hydrogen) atoms. The maximum absolute atomic E-state index is 12.7. The third kappa shape index (κ3) is 4.15. The largest absolute Gasteiger partial charge is 0.574 e. The standard InChI is InChI=1S/C8H6ClF5N2O3S/c9-20(17,18)5-1-3(6(10)11)4(2-15)7(16-5)19-8(12,13)14/h1,6H,2,15H2. The summed E-state index contributed by atoms with van der Waals surface area (Å²) < 4.78 is 87.3. The van der Waals surface area contributed by atoms with Crippen LogP contribution in [0.5, 0.6) is 5.88 Å². The third-order valence-corrected chi connectivity index (χ3v) is 3.18. The van der Waals surface area contributed by atoms with Gasteiger partial charge in [-0.05, 0) is 6.07 Å². The second-order valence-corrected chi connectivity index (χ2v) is 5.84. The first-order chi connectivity index (χ1) is 8.95. The van der Waals surface area contributed by atoms with Crippen LogP contribution in [-0.4, -0.2) is 19.8 Å². The van der Waals surface area contributed by atoms with E-state index in [2.05, 4.69) is 9.72 Å². The summed E-state index contributed by atoms with van der Waals surface area (Å²) in [7, 11) is 0.248. The molecular weight excluding hydrogens is 335 g/mol. The highest BCUT2D eigenvalue weighted by Crippen LogP contribution is 2.34. The number of aromatic nitrogens is 1. The average Bonchev–Trinajstić information content (AvgIpc) is 2.24. The Morgan fingerprint density at radius 3 is 2.30 bits per heavy atom. The molecule has 1 rings (SSSR count). The van der Waals surface area contributed by atoms with E-state index in [0.717, 1.165) is 0 Å². The summed E-state index contributed by atoms with van der Waals surface area (Å²) >= 11 is 0. The molecule has 114 valence electrons. The van der Waals surface area contributed by atoms with E-state index in [1.165, 1.54) is 0 Å². The molecule has 0 aliphatic carbocycles. The number of alkyl halides is 5. The summed E-state index contributed by atoms with van der Waals surface area (Å²) in [5, 5.41) is -1.19. The van der Waals surface area contributed by atoms with Crippen LogP contribution < -0.4 is 10.5 Å². The van der Waals surface area contributed by atoms with E-state index >= 15 is 0 Å². The minimum absolute atomic E-state index is 0.346. The predicted octanol–water partition coefficient (Wildman–Crippen LogP) is 2.30. The minimum Gasteiger partial charge on any atom is -0.387 e. The highest BCUT2D eigenvalue weighted by molar-refractivity contribution is 8.13. The number of halogens is 6. The van der Waals surface area contributed by atoms with Crippen LogP contribution in [0.2, 0.25) is 0 Å². The molecule has 0 bridgehead atoms. The topological polar surface area (TPSA) is 82.3 Å². The van der Waals surface area contributed by atoms with Crippen molar-refractivity contribution in [1.29, 1.82) is 0 Å². The van der Waals surface area contributed by atoms with Crippen LogP contribution in [0.15, 0.2) is 11.1 Å². The van der Waals surface area contributed by atoms with E-state index in [-0.39, 0.29) is 0 Å². The number of ether oxygens (including phenoxy) is 1. The molecule has 0 spiro atoms. The Kier molecular flexibility index (Phi) is 4.77. The van der Waals surface area contributed by atoms with Crippen molar-refractivity contribution in [1.82, 2.24) is 4.98 Å². The number of hydrogen-bond donors (Lipinski definition) is 1. The Bertz CT molecular complexity index is 605. The molecular formula is C8H6ClF5N2O3S. The molecule has 5 nitrogen and oxygen atoms in total. The van der Waals surface area contributed by atoms with E-state index in [4.69, 9.17) is 16.4 Å². The number of rotatable bonds is 4. The van der Waals surface area contributed by atoms with Crippen LogP contribution in [0.3, 0.4) is 0 Å². The summed E-state index contributed by atoms with van der Waals surface area (Å²) in [4.78, 5) is 2.97. The lowest BCUT2D eigenvalue weighted by molar-refractivity contribution is -0.276. The van der Waals surface area contributed by atoms with E-state index in [1.807, 2.05) is 0 Å². The highest BCUT2D eigenvalue weighted by Gasteiger charge is 2.35. The maximum atomic E-state index is 12.7. The molecule has 0 radical (unpaired) electrons. The van der Waals surface area contributed by atoms with Gasteiger partial charge in [0.05, 0.1) is 0 Å². The molecule has 0 aliphatic rings. The van der Waals surface area contributed by atoms with Gasteiger partial charge in [0.25, 0.3) is 15.5 Å². The molecule has 1 heterocycles. The molecule has 0 amide bonds. The van der Waals surface area contributed by atoms with Gasteiger partial charge in [-0.25, -0.2) is 17.2 Å². The van der Waals surface area contributed by atoms with Crippen LogP contribution >= 0.6 is 10.7 Å². The zero-order valence-electron chi connectivity index (χ0n) is 9.29. The highest BCUT2D eigenvalue weighted by atomic mass is 35.7. The molecule has 0 atom stereocenters. The number of nitrogens with two attached hydrogens (primary N) is 1. The smallest absolute Gasteiger partial charge is 0.387 e. The van der Waals surface area contributed by atoms with Crippen LogP contribution in [0.1, 0.15) is 17.6 Å². The Balaban J connectivity index is 3.58. The van der Waals surface area contributed by atoms with Gasteiger partial charge in [-0.15, -0.1) is 13.2 Å². The zero-order valence-corrected chi connectivity index (χ0v) is 10.9. The van der Waals surface area contributed by atoms with Gasteiger partial charge in [0, 0.05) is 28.4 Å². The fourth-order valence-electron chi connectivity index (χ4n) is 1.26. The maximum Gasteiger partial charge on any atom is 0.574 e. The Labute approximate surface area is 113 Å². The first-order valence-corrected chi connectivity index (χ1v) is 6.99. The van der Waals surface area contributed by atoms with Crippen molar-refractivity contribution in [2.45, 2.75) is 24.4 Å². The molecule has 0 aromatic carbocycles. The monoisotopic (exact) mass is 340 g/mol. The van der Waals surface area contributed by atoms with Gasteiger partial charge in [-0.3, -0.25) is 0 Å². The fraction of sp³-hybridized carbons (Fsp3) is 0.375. The number of pyridine rings is 1. The molecule has 0 unspecified atom stereocenters. The fourth-order valence-corrected chi connectivity index (χ4v) is 1.96. The van der Waals surface area contributed by atoms with Gasteiger partial charge in [0.2, 0.25) is 5.88 Å². The molecule has 0 saturated heterocycles.